The van der Waals surface area contributed by atoms with Gasteiger partial charge in [-0.1, -0.05) is 18.2 Å². The minimum Gasteiger partial charge on any atom is -0.491 e. The number of H-pyrrole nitrogens is 1. The highest BCUT2D eigenvalue weighted by atomic mass is 16.5. The smallest absolute Gasteiger partial charge is 0.270 e. The Morgan fingerprint density at radius 3 is 2.50 bits per heavy atom. The van der Waals surface area contributed by atoms with E-state index in [4.69, 9.17) is 4.74 Å². The summed E-state index contributed by atoms with van der Waals surface area (Å²) >= 11 is 0. The first-order valence-electron chi connectivity index (χ1n) is 10.8. The number of aliphatic hydroxyl groups excluding tert-OH is 1. The number of aliphatic hydroxyl groups is 1. The lowest BCUT2D eigenvalue weighted by Crippen LogP contribution is -2.51. The molecule has 0 spiro atoms. The SMILES string of the molecule is CC(=O)Nc1ccc(OCC(O)CN2CCN(C(=O)c3cc4ccccc4[nH]3)CC2)cc1. The molecular weight excluding hydrogens is 408 g/mol. The number of nitrogens with zero attached hydrogens (tertiary/aromatic N) is 2. The number of fused-ring (bicyclic) bond motifs is 1. The van der Waals surface area contributed by atoms with Crippen LogP contribution in [-0.2, 0) is 4.79 Å². The fourth-order valence-corrected chi connectivity index (χ4v) is 3.87. The summed E-state index contributed by atoms with van der Waals surface area (Å²) in [4.78, 5) is 31.1. The van der Waals surface area contributed by atoms with Crippen molar-refractivity contribution < 1.29 is 19.4 Å². The molecule has 1 aliphatic rings. The van der Waals surface area contributed by atoms with Crippen LogP contribution in [0.3, 0.4) is 0 Å². The molecule has 1 saturated heterocycles. The van der Waals surface area contributed by atoms with Gasteiger partial charge >= 0.3 is 0 Å². The maximum Gasteiger partial charge on any atom is 0.270 e. The minimum atomic E-state index is -0.638. The number of carbonyl (C=O) groups excluding carboxylic acids is 2. The molecule has 2 amide bonds. The quantitative estimate of drug-likeness (QED) is 0.528. The van der Waals surface area contributed by atoms with Crippen molar-refractivity contribution in [3.8, 4) is 5.75 Å². The molecule has 3 aromatic rings. The Balaban J connectivity index is 1.21. The monoisotopic (exact) mass is 436 g/mol. The number of anilines is 1. The van der Waals surface area contributed by atoms with Gasteiger partial charge in [0, 0.05) is 56.2 Å². The molecule has 1 aliphatic heterocycles. The summed E-state index contributed by atoms with van der Waals surface area (Å²) in [6, 6.07) is 16.8. The number of hydrogen-bond donors (Lipinski definition) is 3. The zero-order chi connectivity index (χ0) is 22.5. The van der Waals surface area contributed by atoms with Crippen molar-refractivity contribution in [2.45, 2.75) is 13.0 Å². The molecule has 2 aromatic carbocycles. The third kappa shape index (κ3) is 5.46. The number of β-amino-alcohol motifs (C(OH)–C–C–N with tert-alkyl or cyclic N) is 1. The normalized spacial score (nSPS) is 15.5. The average molecular weight is 437 g/mol. The molecular formula is C24H28N4O4. The second-order valence-electron chi connectivity index (χ2n) is 8.03. The predicted molar refractivity (Wildman–Crippen MR) is 123 cm³/mol. The third-order valence-corrected chi connectivity index (χ3v) is 5.51. The van der Waals surface area contributed by atoms with E-state index in [2.05, 4.69) is 15.2 Å². The summed E-state index contributed by atoms with van der Waals surface area (Å²) in [6.45, 7) is 4.76. The van der Waals surface area contributed by atoms with Crippen molar-refractivity contribution in [1.82, 2.24) is 14.8 Å². The van der Waals surface area contributed by atoms with Crippen LogP contribution in [0.15, 0.2) is 54.6 Å². The van der Waals surface area contributed by atoms with Crippen LogP contribution >= 0.6 is 0 Å². The van der Waals surface area contributed by atoms with Gasteiger partial charge in [-0.2, -0.15) is 0 Å². The van der Waals surface area contributed by atoms with Crippen LogP contribution in [0.4, 0.5) is 5.69 Å². The standard InChI is InChI=1S/C24H28N4O4/c1-17(29)25-19-6-8-21(9-7-19)32-16-20(30)15-27-10-12-28(13-11-27)24(31)23-14-18-4-2-3-5-22(18)26-23/h2-9,14,20,26,30H,10-13,15-16H2,1H3,(H,25,29). The zero-order valence-corrected chi connectivity index (χ0v) is 18.1. The Hall–Kier alpha value is -3.36. The second kappa shape index (κ2) is 9.84. The summed E-state index contributed by atoms with van der Waals surface area (Å²) in [5.41, 5.74) is 2.27. The first-order valence-corrected chi connectivity index (χ1v) is 10.8. The molecule has 3 N–H and O–H groups in total. The van der Waals surface area contributed by atoms with Gasteiger partial charge in [0.1, 0.15) is 24.2 Å². The fourth-order valence-electron chi connectivity index (χ4n) is 3.87. The molecule has 32 heavy (non-hydrogen) atoms. The highest BCUT2D eigenvalue weighted by molar-refractivity contribution is 5.98. The number of ether oxygens (including phenoxy) is 1. The van der Waals surface area contributed by atoms with Crippen molar-refractivity contribution in [3.63, 3.8) is 0 Å². The van der Waals surface area contributed by atoms with Gasteiger partial charge in [-0.15, -0.1) is 0 Å². The van der Waals surface area contributed by atoms with Gasteiger partial charge in [0.2, 0.25) is 5.91 Å². The first kappa shape index (κ1) is 21.9. The van der Waals surface area contributed by atoms with E-state index in [0.717, 1.165) is 10.9 Å². The lowest BCUT2D eigenvalue weighted by atomic mass is 10.2. The summed E-state index contributed by atoms with van der Waals surface area (Å²) in [5, 5.41) is 14.1. The predicted octanol–water partition coefficient (Wildman–Crippen LogP) is 2.32. The Bertz CT molecular complexity index is 1040. The number of hydrogen-bond acceptors (Lipinski definition) is 5. The molecule has 168 valence electrons. The van der Waals surface area contributed by atoms with E-state index in [1.54, 1.807) is 24.3 Å². The number of rotatable bonds is 7. The number of aromatic nitrogens is 1. The average Bonchev–Trinajstić information content (AvgIpc) is 3.23. The molecule has 0 aliphatic carbocycles. The summed E-state index contributed by atoms with van der Waals surface area (Å²) < 4.78 is 5.66. The van der Waals surface area contributed by atoms with Gasteiger partial charge in [-0.3, -0.25) is 14.5 Å². The maximum atomic E-state index is 12.8. The number of benzene rings is 2. The van der Waals surface area contributed by atoms with E-state index in [1.807, 2.05) is 35.2 Å². The van der Waals surface area contributed by atoms with E-state index >= 15 is 0 Å². The summed E-state index contributed by atoms with van der Waals surface area (Å²) in [5.74, 6) is 0.511. The number of nitrogens with one attached hydrogen (secondary N) is 2. The van der Waals surface area contributed by atoms with Crippen molar-refractivity contribution in [2.24, 2.45) is 0 Å². The topological polar surface area (TPSA) is 97.9 Å². The Morgan fingerprint density at radius 1 is 1.09 bits per heavy atom. The molecule has 4 rings (SSSR count). The number of para-hydroxylation sites is 1. The van der Waals surface area contributed by atoms with Gasteiger partial charge in [0.25, 0.3) is 5.91 Å². The van der Waals surface area contributed by atoms with E-state index in [1.165, 1.54) is 6.92 Å². The van der Waals surface area contributed by atoms with E-state index in [9.17, 15) is 14.7 Å². The van der Waals surface area contributed by atoms with Crippen LogP contribution in [0.5, 0.6) is 5.75 Å². The van der Waals surface area contributed by atoms with Crippen LogP contribution < -0.4 is 10.1 Å². The number of amides is 2. The lowest BCUT2D eigenvalue weighted by molar-refractivity contribution is -0.114. The molecule has 8 heteroatoms. The van der Waals surface area contributed by atoms with Crippen molar-refractivity contribution in [2.75, 3.05) is 44.6 Å². The molecule has 0 radical (unpaired) electrons. The van der Waals surface area contributed by atoms with Crippen LogP contribution in [-0.4, -0.2) is 77.1 Å². The zero-order valence-electron chi connectivity index (χ0n) is 18.1. The molecule has 1 fully saturated rings. The molecule has 1 aromatic heterocycles. The summed E-state index contributed by atoms with van der Waals surface area (Å²) in [7, 11) is 0. The van der Waals surface area contributed by atoms with Crippen LogP contribution in [0.2, 0.25) is 0 Å². The van der Waals surface area contributed by atoms with Crippen molar-refractivity contribution >= 4 is 28.4 Å². The van der Waals surface area contributed by atoms with E-state index in [-0.39, 0.29) is 18.4 Å². The van der Waals surface area contributed by atoms with Crippen LogP contribution in [0.25, 0.3) is 10.9 Å². The number of carbonyl (C=O) groups is 2. The van der Waals surface area contributed by atoms with Gasteiger partial charge in [0.05, 0.1) is 0 Å². The minimum absolute atomic E-state index is 0.00689. The molecule has 1 atom stereocenters. The highest BCUT2D eigenvalue weighted by Gasteiger charge is 2.24. The Labute approximate surface area is 186 Å². The van der Waals surface area contributed by atoms with E-state index < -0.39 is 6.10 Å². The maximum absolute atomic E-state index is 12.8. The van der Waals surface area contributed by atoms with Gasteiger partial charge in [-0.05, 0) is 36.4 Å². The highest BCUT2D eigenvalue weighted by Crippen LogP contribution is 2.18. The van der Waals surface area contributed by atoms with E-state index in [0.29, 0.717) is 49.9 Å². The second-order valence-corrected chi connectivity index (χ2v) is 8.03. The van der Waals surface area contributed by atoms with Crippen molar-refractivity contribution in [3.05, 3.63) is 60.3 Å². The lowest BCUT2D eigenvalue weighted by Gasteiger charge is -2.35. The van der Waals surface area contributed by atoms with Crippen molar-refractivity contribution in [1.29, 1.82) is 0 Å². The fraction of sp³-hybridized carbons (Fsp3) is 0.333. The third-order valence-electron chi connectivity index (χ3n) is 5.51. The van der Waals surface area contributed by atoms with Gasteiger partial charge < -0.3 is 25.0 Å². The summed E-state index contributed by atoms with van der Waals surface area (Å²) in [6.07, 6.45) is -0.638. The largest absolute Gasteiger partial charge is 0.491 e. The molecule has 1 unspecified atom stereocenters. The van der Waals surface area contributed by atoms with Gasteiger partial charge in [-0.25, -0.2) is 0 Å². The number of aromatic amines is 1. The molecule has 8 nitrogen and oxygen atoms in total. The van der Waals surface area contributed by atoms with Crippen LogP contribution in [0, 0.1) is 0 Å². The van der Waals surface area contributed by atoms with Gasteiger partial charge in [0.15, 0.2) is 0 Å². The Morgan fingerprint density at radius 2 is 1.81 bits per heavy atom. The first-order chi connectivity index (χ1) is 15.5. The molecule has 0 bridgehead atoms. The molecule has 0 saturated carbocycles. The Kier molecular flexibility index (Phi) is 6.72. The van der Waals surface area contributed by atoms with Crippen LogP contribution in [0.1, 0.15) is 17.4 Å². The number of piperazine rings is 1. The molecule has 2 heterocycles.